The fraction of sp³-hybridized carbons (Fsp3) is 0.458. The molecule has 0 radical (unpaired) electrons. The Hall–Kier alpha value is -2.37. The molecule has 3 rings (SSSR count). The zero-order chi connectivity index (χ0) is 20.6. The Kier molecular flexibility index (Phi) is 7.67. The lowest BCUT2D eigenvalue weighted by molar-refractivity contribution is -0.128. The minimum Gasteiger partial charge on any atom is -0.480 e. The first-order chi connectivity index (χ1) is 14.0. The average molecular weight is 397 g/mol. The second kappa shape index (κ2) is 10.4. The number of amides is 1. The lowest BCUT2D eigenvalue weighted by Gasteiger charge is -2.26. The highest BCUT2D eigenvalue weighted by atomic mass is 16.5. The number of hydrogen-bond donors (Lipinski definition) is 1. The second-order valence-corrected chi connectivity index (χ2v) is 7.71. The third-order valence-electron chi connectivity index (χ3n) is 5.23. The van der Waals surface area contributed by atoms with Crippen molar-refractivity contribution in [3.05, 3.63) is 64.7 Å². The number of ether oxygens (including phenoxy) is 2. The third-order valence-corrected chi connectivity index (χ3v) is 5.23. The van der Waals surface area contributed by atoms with Gasteiger partial charge >= 0.3 is 0 Å². The van der Waals surface area contributed by atoms with Crippen molar-refractivity contribution in [3.8, 4) is 5.75 Å². The van der Waals surface area contributed by atoms with Gasteiger partial charge in [0, 0.05) is 26.2 Å². The van der Waals surface area contributed by atoms with Gasteiger partial charge in [-0.05, 0) is 43.0 Å². The van der Waals surface area contributed by atoms with E-state index in [1.165, 1.54) is 11.1 Å². The number of nitrogens with one attached hydrogen (secondary N) is 1. The molecule has 1 fully saturated rings. The van der Waals surface area contributed by atoms with Crippen LogP contribution < -0.4 is 10.1 Å². The summed E-state index contributed by atoms with van der Waals surface area (Å²) in [5.74, 6) is 0.691. The van der Waals surface area contributed by atoms with Gasteiger partial charge in [-0.25, -0.2) is 0 Å². The number of benzene rings is 2. The monoisotopic (exact) mass is 396 g/mol. The van der Waals surface area contributed by atoms with E-state index < -0.39 is 6.10 Å². The van der Waals surface area contributed by atoms with Crippen LogP contribution in [0.3, 0.4) is 0 Å². The molecule has 2 aromatic rings. The van der Waals surface area contributed by atoms with Gasteiger partial charge < -0.3 is 14.8 Å². The molecule has 0 spiro atoms. The summed E-state index contributed by atoms with van der Waals surface area (Å²) in [5, 5.41) is 3.03. The third kappa shape index (κ3) is 6.31. The van der Waals surface area contributed by atoms with Gasteiger partial charge in [-0.1, -0.05) is 48.9 Å². The van der Waals surface area contributed by atoms with E-state index in [1.54, 1.807) is 0 Å². The number of nitrogens with zero attached hydrogens (tertiary/aromatic N) is 1. The number of carbonyl (C=O) groups excluding carboxylic acids is 1. The van der Waals surface area contributed by atoms with Crippen LogP contribution >= 0.6 is 0 Å². The van der Waals surface area contributed by atoms with Gasteiger partial charge in [0.2, 0.25) is 0 Å². The molecule has 156 valence electrons. The van der Waals surface area contributed by atoms with E-state index in [2.05, 4.69) is 40.5 Å². The van der Waals surface area contributed by atoms with Crippen molar-refractivity contribution in [1.82, 2.24) is 10.2 Å². The molecule has 5 nitrogen and oxygen atoms in total. The summed E-state index contributed by atoms with van der Waals surface area (Å²) in [6, 6.07) is 14.4. The molecule has 1 saturated heterocycles. The highest BCUT2D eigenvalue weighted by Gasteiger charge is 2.19. The lowest BCUT2D eigenvalue weighted by atomic mass is 10.1. The molecular weight excluding hydrogens is 364 g/mol. The van der Waals surface area contributed by atoms with Crippen LogP contribution in [0.2, 0.25) is 0 Å². The van der Waals surface area contributed by atoms with Crippen LogP contribution in [0, 0.1) is 13.8 Å². The van der Waals surface area contributed by atoms with Crippen molar-refractivity contribution in [3.63, 3.8) is 0 Å². The van der Waals surface area contributed by atoms with Crippen LogP contribution in [0.25, 0.3) is 0 Å². The Balaban J connectivity index is 1.55. The quantitative estimate of drug-likeness (QED) is 0.741. The molecule has 29 heavy (non-hydrogen) atoms. The molecule has 0 bridgehead atoms. The second-order valence-electron chi connectivity index (χ2n) is 7.71. The van der Waals surface area contributed by atoms with Crippen molar-refractivity contribution in [2.24, 2.45) is 0 Å². The SMILES string of the molecule is CCC(Oc1ccc(C)cc1C)C(=O)NCc1cccc(CN2CCOCC2)c1. The molecule has 1 N–H and O–H groups in total. The van der Waals surface area contributed by atoms with Crippen LogP contribution in [0.15, 0.2) is 42.5 Å². The summed E-state index contributed by atoms with van der Waals surface area (Å²) in [7, 11) is 0. The van der Waals surface area contributed by atoms with E-state index in [1.807, 2.05) is 32.9 Å². The summed E-state index contributed by atoms with van der Waals surface area (Å²) in [4.78, 5) is 15.1. The molecule has 0 aliphatic carbocycles. The molecule has 1 aliphatic heterocycles. The fourth-order valence-corrected chi connectivity index (χ4v) is 3.57. The molecule has 5 heteroatoms. The number of aryl methyl sites for hydroxylation is 2. The van der Waals surface area contributed by atoms with E-state index in [4.69, 9.17) is 9.47 Å². The summed E-state index contributed by atoms with van der Waals surface area (Å²) >= 11 is 0. The first-order valence-electron chi connectivity index (χ1n) is 10.4. The van der Waals surface area contributed by atoms with Crippen LogP contribution in [0.1, 0.15) is 35.6 Å². The smallest absolute Gasteiger partial charge is 0.261 e. The van der Waals surface area contributed by atoms with E-state index in [9.17, 15) is 4.79 Å². The van der Waals surface area contributed by atoms with Gasteiger partial charge in [0.15, 0.2) is 6.10 Å². The van der Waals surface area contributed by atoms with Gasteiger partial charge in [-0.2, -0.15) is 0 Å². The Morgan fingerprint density at radius 3 is 2.62 bits per heavy atom. The van der Waals surface area contributed by atoms with Gasteiger partial charge in [0.1, 0.15) is 5.75 Å². The Bertz CT molecular complexity index is 816. The lowest BCUT2D eigenvalue weighted by Crippen LogP contribution is -2.37. The maximum absolute atomic E-state index is 12.7. The van der Waals surface area contributed by atoms with Gasteiger partial charge in [-0.15, -0.1) is 0 Å². The van der Waals surface area contributed by atoms with Gasteiger partial charge in [-0.3, -0.25) is 9.69 Å². The maximum atomic E-state index is 12.7. The zero-order valence-corrected chi connectivity index (χ0v) is 17.7. The summed E-state index contributed by atoms with van der Waals surface area (Å²) in [5.41, 5.74) is 4.60. The predicted molar refractivity (Wildman–Crippen MR) is 115 cm³/mol. The number of rotatable bonds is 8. The number of morpholine rings is 1. The highest BCUT2D eigenvalue weighted by molar-refractivity contribution is 5.81. The van der Waals surface area contributed by atoms with E-state index in [-0.39, 0.29) is 5.91 Å². The fourth-order valence-electron chi connectivity index (χ4n) is 3.57. The van der Waals surface area contributed by atoms with Gasteiger partial charge in [0.25, 0.3) is 5.91 Å². The molecular formula is C24H32N2O3. The van der Waals surface area contributed by atoms with Crippen LogP contribution in [-0.2, 0) is 22.6 Å². The maximum Gasteiger partial charge on any atom is 0.261 e. The molecule has 0 aromatic heterocycles. The van der Waals surface area contributed by atoms with Crippen LogP contribution in [-0.4, -0.2) is 43.2 Å². The molecule has 2 aromatic carbocycles. The molecule has 0 saturated carbocycles. The summed E-state index contributed by atoms with van der Waals surface area (Å²) in [6.07, 6.45) is 0.129. The van der Waals surface area contributed by atoms with E-state index in [0.29, 0.717) is 13.0 Å². The normalized spacial score (nSPS) is 15.7. The topological polar surface area (TPSA) is 50.8 Å². The van der Waals surface area contributed by atoms with Crippen molar-refractivity contribution < 1.29 is 14.3 Å². The Morgan fingerprint density at radius 1 is 1.14 bits per heavy atom. The van der Waals surface area contributed by atoms with E-state index >= 15 is 0 Å². The van der Waals surface area contributed by atoms with E-state index in [0.717, 1.165) is 49.7 Å². The zero-order valence-electron chi connectivity index (χ0n) is 17.7. The Morgan fingerprint density at radius 2 is 1.90 bits per heavy atom. The molecule has 1 heterocycles. The van der Waals surface area contributed by atoms with Crippen molar-refractivity contribution in [1.29, 1.82) is 0 Å². The average Bonchev–Trinajstić information content (AvgIpc) is 2.72. The first-order valence-corrected chi connectivity index (χ1v) is 10.4. The highest BCUT2D eigenvalue weighted by Crippen LogP contribution is 2.21. The predicted octanol–water partition coefficient (Wildman–Crippen LogP) is 3.61. The van der Waals surface area contributed by atoms with Crippen molar-refractivity contribution >= 4 is 5.91 Å². The van der Waals surface area contributed by atoms with Crippen molar-refractivity contribution in [2.45, 2.75) is 46.4 Å². The first kappa shape index (κ1) is 21.3. The Labute approximate surface area is 174 Å². The molecule has 1 unspecified atom stereocenters. The molecule has 1 aliphatic rings. The minimum atomic E-state index is -0.493. The minimum absolute atomic E-state index is 0.0777. The largest absolute Gasteiger partial charge is 0.480 e. The number of carbonyl (C=O) groups is 1. The van der Waals surface area contributed by atoms with Crippen LogP contribution in [0.4, 0.5) is 0 Å². The molecule has 1 atom stereocenters. The van der Waals surface area contributed by atoms with Crippen LogP contribution in [0.5, 0.6) is 5.75 Å². The molecule has 1 amide bonds. The standard InChI is InChI=1S/C24H32N2O3/c1-4-22(29-23-9-8-18(2)14-19(23)3)24(27)25-16-20-6-5-7-21(15-20)17-26-10-12-28-13-11-26/h5-9,14-15,22H,4,10-13,16-17H2,1-3H3,(H,25,27). The van der Waals surface area contributed by atoms with Crippen molar-refractivity contribution in [2.75, 3.05) is 26.3 Å². The summed E-state index contributed by atoms with van der Waals surface area (Å²) < 4.78 is 11.4. The number of hydrogen-bond acceptors (Lipinski definition) is 4. The summed E-state index contributed by atoms with van der Waals surface area (Å²) in [6.45, 7) is 11.0. The van der Waals surface area contributed by atoms with Gasteiger partial charge in [0.05, 0.1) is 13.2 Å².